The van der Waals surface area contributed by atoms with Crippen molar-refractivity contribution in [2.75, 3.05) is 19.7 Å². The molecule has 2 saturated heterocycles. The predicted octanol–water partition coefficient (Wildman–Crippen LogP) is 4.05. The molecular formula is C26H31N3O. The van der Waals surface area contributed by atoms with Crippen LogP contribution in [-0.2, 0) is 13.6 Å². The van der Waals surface area contributed by atoms with Gasteiger partial charge in [0.05, 0.1) is 12.6 Å². The molecule has 4 atom stereocenters. The average molecular weight is 402 g/mol. The van der Waals surface area contributed by atoms with Crippen LogP contribution in [-0.4, -0.2) is 50.8 Å². The first-order valence-corrected chi connectivity index (χ1v) is 11.4. The van der Waals surface area contributed by atoms with E-state index in [1.807, 2.05) is 0 Å². The van der Waals surface area contributed by atoms with E-state index in [-0.39, 0.29) is 18.2 Å². The van der Waals surface area contributed by atoms with Crippen molar-refractivity contribution in [1.82, 2.24) is 14.4 Å². The van der Waals surface area contributed by atoms with Gasteiger partial charge in [-0.15, -0.1) is 0 Å². The molecule has 2 fully saturated rings. The maximum Gasteiger partial charge on any atom is 0.0593 e. The number of benzene rings is 2. The number of likely N-dealkylation sites (tertiary alicyclic amines) is 1. The van der Waals surface area contributed by atoms with Gasteiger partial charge < -0.3 is 9.67 Å². The second-order valence-corrected chi connectivity index (χ2v) is 9.32. The molecular weight excluding hydrogens is 370 g/mol. The molecule has 3 aliphatic rings. The molecule has 6 rings (SSSR count). The standard InChI is InChI=1S/C26H31N3O/c1-3-29-22(17-30)24-23-19-12-7-8-13-20(19)27(2)21(23)16-28-15-9-14-26(24,28)25(29)18-10-5-4-6-11-18/h4-8,10-13,22,24-25,30H,3,9,14-17H2,1-2H3/t22-,24-,25+,26+/m1/s1. The van der Waals surface area contributed by atoms with Gasteiger partial charge in [0.2, 0.25) is 0 Å². The molecule has 1 aromatic heterocycles. The van der Waals surface area contributed by atoms with Crippen molar-refractivity contribution in [3.8, 4) is 0 Å². The van der Waals surface area contributed by atoms with E-state index in [2.05, 4.69) is 82.9 Å². The Bertz CT molecular complexity index is 1090. The molecule has 4 nitrogen and oxygen atoms in total. The third kappa shape index (κ3) is 2.17. The highest BCUT2D eigenvalue weighted by atomic mass is 16.3. The Hall–Kier alpha value is -2.14. The highest BCUT2D eigenvalue weighted by Crippen LogP contribution is 2.63. The monoisotopic (exact) mass is 401 g/mol. The average Bonchev–Trinajstić information content (AvgIpc) is 3.42. The van der Waals surface area contributed by atoms with Gasteiger partial charge in [-0.05, 0) is 43.1 Å². The van der Waals surface area contributed by atoms with Gasteiger partial charge in [-0.1, -0.05) is 55.5 Å². The molecule has 1 N–H and O–H groups in total. The van der Waals surface area contributed by atoms with Crippen LogP contribution in [0.3, 0.4) is 0 Å². The SMILES string of the molecule is CCN1[C@H](CO)[C@@H]2c3c(n(C)c4ccccc34)CN3CCC[C@@]23[C@@H]1c1ccccc1. The van der Waals surface area contributed by atoms with Crippen LogP contribution in [0.15, 0.2) is 54.6 Å². The maximum atomic E-state index is 10.7. The Morgan fingerprint density at radius 1 is 1.07 bits per heavy atom. The highest BCUT2D eigenvalue weighted by Gasteiger charge is 2.65. The molecule has 0 radical (unpaired) electrons. The van der Waals surface area contributed by atoms with Crippen LogP contribution in [0.4, 0.5) is 0 Å². The minimum absolute atomic E-state index is 0.0574. The molecule has 0 aliphatic carbocycles. The number of aliphatic hydroxyl groups excluding tert-OH is 1. The Balaban J connectivity index is 1.66. The summed E-state index contributed by atoms with van der Waals surface area (Å²) < 4.78 is 2.41. The zero-order valence-corrected chi connectivity index (χ0v) is 18.0. The van der Waals surface area contributed by atoms with E-state index >= 15 is 0 Å². The van der Waals surface area contributed by atoms with Crippen LogP contribution >= 0.6 is 0 Å². The van der Waals surface area contributed by atoms with Gasteiger partial charge in [0.1, 0.15) is 0 Å². The van der Waals surface area contributed by atoms with Crippen molar-refractivity contribution in [3.63, 3.8) is 0 Å². The van der Waals surface area contributed by atoms with Crippen molar-refractivity contribution in [1.29, 1.82) is 0 Å². The third-order valence-corrected chi connectivity index (χ3v) is 8.34. The van der Waals surface area contributed by atoms with Crippen LogP contribution in [0.2, 0.25) is 0 Å². The number of hydrogen-bond donors (Lipinski definition) is 1. The minimum atomic E-state index is 0.0574. The van der Waals surface area contributed by atoms with Crippen molar-refractivity contribution < 1.29 is 5.11 Å². The summed E-state index contributed by atoms with van der Waals surface area (Å²) in [6.07, 6.45) is 2.44. The van der Waals surface area contributed by atoms with Crippen molar-refractivity contribution >= 4 is 10.9 Å². The molecule has 2 aromatic carbocycles. The lowest BCUT2D eigenvalue weighted by molar-refractivity contribution is 0.0581. The zero-order chi connectivity index (χ0) is 20.5. The van der Waals surface area contributed by atoms with Gasteiger partial charge in [-0.25, -0.2) is 0 Å². The maximum absolute atomic E-state index is 10.7. The summed E-state index contributed by atoms with van der Waals surface area (Å²) in [5.74, 6) is 0.324. The van der Waals surface area contributed by atoms with Gasteiger partial charge in [0, 0.05) is 47.7 Å². The first-order chi connectivity index (χ1) is 14.7. The quantitative estimate of drug-likeness (QED) is 0.719. The second-order valence-electron chi connectivity index (χ2n) is 9.32. The summed E-state index contributed by atoms with van der Waals surface area (Å²) in [7, 11) is 2.22. The van der Waals surface area contributed by atoms with E-state index in [0.29, 0.717) is 12.0 Å². The van der Waals surface area contributed by atoms with Gasteiger partial charge in [-0.3, -0.25) is 9.80 Å². The Kier molecular flexibility index (Phi) is 4.14. The van der Waals surface area contributed by atoms with E-state index in [4.69, 9.17) is 0 Å². The Morgan fingerprint density at radius 3 is 2.60 bits per heavy atom. The number of rotatable bonds is 3. The number of aromatic nitrogens is 1. The van der Waals surface area contributed by atoms with Crippen molar-refractivity contribution in [2.45, 2.75) is 49.9 Å². The lowest BCUT2D eigenvalue weighted by Gasteiger charge is -2.48. The van der Waals surface area contributed by atoms with E-state index in [0.717, 1.165) is 19.6 Å². The van der Waals surface area contributed by atoms with E-state index in [1.165, 1.54) is 40.6 Å². The molecule has 4 heterocycles. The van der Waals surface area contributed by atoms with E-state index < -0.39 is 0 Å². The first-order valence-electron chi connectivity index (χ1n) is 11.4. The number of aliphatic hydroxyl groups is 1. The number of fused-ring (bicyclic) bond motifs is 4. The van der Waals surface area contributed by atoms with Gasteiger partial charge >= 0.3 is 0 Å². The molecule has 0 amide bonds. The highest BCUT2D eigenvalue weighted by molar-refractivity contribution is 5.87. The molecule has 0 unspecified atom stereocenters. The van der Waals surface area contributed by atoms with Crippen LogP contribution in [0.5, 0.6) is 0 Å². The number of hydrogen-bond acceptors (Lipinski definition) is 3. The molecule has 156 valence electrons. The summed E-state index contributed by atoms with van der Waals surface area (Å²) in [4.78, 5) is 5.38. The van der Waals surface area contributed by atoms with Crippen LogP contribution < -0.4 is 0 Å². The zero-order valence-electron chi connectivity index (χ0n) is 18.0. The lowest BCUT2D eigenvalue weighted by atomic mass is 9.69. The molecule has 0 saturated carbocycles. The topological polar surface area (TPSA) is 31.6 Å². The molecule has 4 heteroatoms. The number of aryl methyl sites for hydroxylation is 1. The summed E-state index contributed by atoms with van der Waals surface area (Å²) >= 11 is 0. The lowest BCUT2D eigenvalue weighted by Crippen LogP contribution is -2.53. The van der Waals surface area contributed by atoms with Crippen LogP contribution in [0.1, 0.15) is 48.5 Å². The largest absolute Gasteiger partial charge is 0.395 e. The summed E-state index contributed by atoms with van der Waals surface area (Å²) in [6, 6.07) is 20.4. The summed E-state index contributed by atoms with van der Waals surface area (Å²) in [5.41, 5.74) is 5.73. The number of para-hydroxylation sites is 1. The van der Waals surface area contributed by atoms with Crippen LogP contribution in [0, 0.1) is 0 Å². The van der Waals surface area contributed by atoms with Crippen LogP contribution in [0.25, 0.3) is 10.9 Å². The van der Waals surface area contributed by atoms with Crippen molar-refractivity contribution in [2.24, 2.45) is 7.05 Å². The Labute approximate surface area is 178 Å². The molecule has 1 spiro atoms. The molecule has 30 heavy (non-hydrogen) atoms. The van der Waals surface area contributed by atoms with E-state index in [1.54, 1.807) is 0 Å². The number of nitrogens with zero attached hydrogens (tertiary/aromatic N) is 3. The van der Waals surface area contributed by atoms with Gasteiger partial charge in [-0.2, -0.15) is 0 Å². The second kappa shape index (κ2) is 6.68. The molecule has 3 aromatic rings. The Morgan fingerprint density at radius 2 is 1.83 bits per heavy atom. The predicted molar refractivity (Wildman–Crippen MR) is 120 cm³/mol. The first kappa shape index (κ1) is 18.6. The van der Waals surface area contributed by atoms with Gasteiger partial charge in [0.25, 0.3) is 0 Å². The fraction of sp³-hybridized carbons (Fsp3) is 0.462. The minimum Gasteiger partial charge on any atom is -0.395 e. The fourth-order valence-electron chi connectivity index (χ4n) is 7.36. The smallest absolute Gasteiger partial charge is 0.0593 e. The van der Waals surface area contributed by atoms with Gasteiger partial charge in [0.15, 0.2) is 0 Å². The summed E-state index contributed by atoms with van der Waals surface area (Å²) in [6.45, 7) is 5.58. The van der Waals surface area contributed by atoms with Crippen molar-refractivity contribution in [3.05, 3.63) is 71.4 Å². The molecule has 3 aliphatic heterocycles. The molecule has 0 bridgehead atoms. The third-order valence-electron chi connectivity index (χ3n) is 8.34. The summed E-state index contributed by atoms with van der Waals surface area (Å²) in [5, 5.41) is 12.1. The van der Waals surface area contributed by atoms with E-state index in [9.17, 15) is 5.11 Å². The fourth-order valence-corrected chi connectivity index (χ4v) is 7.36. The normalized spacial score (nSPS) is 31.1. The number of likely N-dealkylation sites (N-methyl/N-ethyl adjacent to an activating group) is 1.